The number of alkyl halides is 3. The zero-order valence-corrected chi connectivity index (χ0v) is 8.22. The van der Waals surface area contributed by atoms with E-state index in [1.807, 2.05) is 0 Å². The van der Waals surface area contributed by atoms with E-state index >= 15 is 0 Å². The molecular weight excluding hydrogens is 226 g/mol. The van der Waals surface area contributed by atoms with Gasteiger partial charge in [-0.1, -0.05) is 6.92 Å². The van der Waals surface area contributed by atoms with E-state index in [-0.39, 0.29) is 11.5 Å². The molecule has 2 rings (SSSR count). The lowest BCUT2D eigenvalue weighted by Crippen LogP contribution is -2.15. The van der Waals surface area contributed by atoms with E-state index in [1.165, 1.54) is 0 Å². The first-order chi connectivity index (χ1) is 7.43. The van der Waals surface area contributed by atoms with Crippen LogP contribution in [0.5, 0.6) is 0 Å². The zero-order chi connectivity index (χ0) is 11.9. The average molecular weight is 233 g/mol. The Bertz CT molecular complexity index is 529. The molecule has 0 atom stereocenters. The summed E-state index contributed by atoms with van der Waals surface area (Å²) in [5, 5.41) is 3.60. The quantitative estimate of drug-likeness (QED) is 0.708. The summed E-state index contributed by atoms with van der Waals surface area (Å²) in [5.74, 6) is -1.11. The summed E-state index contributed by atoms with van der Waals surface area (Å²) in [6, 6.07) is 1.91. The van der Waals surface area contributed by atoms with E-state index < -0.39 is 17.7 Å². The Morgan fingerprint density at radius 3 is 2.56 bits per heavy atom. The van der Waals surface area contributed by atoms with E-state index in [1.54, 1.807) is 6.92 Å². The highest BCUT2D eigenvalue weighted by molar-refractivity contribution is 5.40. The summed E-state index contributed by atoms with van der Waals surface area (Å²) in [5.41, 5.74) is -1.43. The topological polar surface area (TPSA) is 30.2 Å². The highest BCUT2D eigenvalue weighted by Crippen LogP contribution is 2.31. The summed E-state index contributed by atoms with van der Waals surface area (Å²) >= 11 is 0. The van der Waals surface area contributed by atoms with Crippen molar-refractivity contribution >= 4 is 5.65 Å². The van der Waals surface area contributed by atoms with E-state index in [2.05, 4.69) is 10.1 Å². The lowest BCUT2D eigenvalue weighted by atomic mass is 10.3. The minimum absolute atomic E-state index is 0.00873. The third kappa shape index (κ3) is 1.62. The molecule has 0 aliphatic carbocycles. The van der Waals surface area contributed by atoms with Crippen LogP contribution in [0.2, 0.25) is 0 Å². The van der Waals surface area contributed by atoms with Crippen molar-refractivity contribution in [1.29, 1.82) is 0 Å². The molecule has 7 heteroatoms. The van der Waals surface area contributed by atoms with Crippen molar-refractivity contribution in [3.63, 3.8) is 0 Å². The Balaban J connectivity index is 2.78. The van der Waals surface area contributed by atoms with Crippen LogP contribution >= 0.6 is 0 Å². The lowest BCUT2D eigenvalue weighted by Gasteiger charge is -2.08. The van der Waals surface area contributed by atoms with E-state index in [0.29, 0.717) is 10.9 Å². The second kappa shape index (κ2) is 3.43. The normalized spacial score (nSPS) is 12.3. The van der Waals surface area contributed by atoms with E-state index in [4.69, 9.17) is 0 Å². The molecule has 0 saturated carbocycles. The Morgan fingerprint density at radius 1 is 1.31 bits per heavy atom. The number of aryl methyl sites for hydroxylation is 1. The summed E-state index contributed by atoms with van der Waals surface area (Å²) < 4.78 is 51.3. The second-order valence-corrected chi connectivity index (χ2v) is 3.18. The molecule has 86 valence electrons. The monoisotopic (exact) mass is 233 g/mol. The highest BCUT2D eigenvalue weighted by Gasteiger charge is 2.38. The summed E-state index contributed by atoms with van der Waals surface area (Å²) in [7, 11) is 0. The van der Waals surface area contributed by atoms with Crippen LogP contribution in [0.15, 0.2) is 12.1 Å². The van der Waals surface area contributed by atoms with Crippen molar-refractivity contribution in [1.82, 2.24) is 14.6 Å². The van der Waals surface area contributed by atoms with Gasteiger partial charge in [-0.25, -0.2) is 13.9 Å². The average Bonchev–Trinajstić information content (AvgIpc) is 2.57. The van der Waals surface area contributed by atoms with Crippen LogP contribution < -0.4 is 0 Å². The molecule has 0 spiro atoms. The maximum absolute atomic E-state index is 13.1. The van der Waals surface area contributed by atoms with Gasteiger partial charge in [-0.05, 0) is 12.1 Å². The van der Waals surface area contributed by atoms with Crippen molar-refractivity contribution in [3.8, 4) is 0 Å². The molecule has 0 aromatic carbocycles. The first-order valence-electron chi connectivity index (χ1n) is 4.55. The molecule has 0 amide bonds. The Kier molecular flexibility index (Phi) is 2.32. The molecule has 0 radical (unpaired) electrons. The number of aromatic nitrogens is 3. The molecule has 2 aromatic rings. The van der Waals surface area contributed by atoms with Gasteiger partial charge in [-0.15, -0.1) is 0 Å². The first kappa shape index (κ1) is 10.8. The maximum atomic E-state index is 13.1. The zero-order valence-electron chi connectivity index (χ0n) is 8.22. The molecule has 16 heavy (non-hydrogen) atoms. The molecule has 2 heterocycles. The molecule has 0 N–H and O–H groups in total. The highest BCUT2D eigenvalue weighted by atomic mass is 19.4. The Hall–Kier alpha value is -1.66. The minimum atomic E-state index is -4.79. The van der Waals surface area contributed by atoms with Gasteiger partial charge in [-0.2, -0.15) is 18.3 Å². The second-order valence-electron chi connectivity index (χ2n) is 3.18. The number of hydrogen-bond acceptors (Lipinski definition) is 2. The SMILES string of the molecule is CCc1nc2ccc(F)c(C(F)(F)F)n2n1. The van der Waals surface area contributed by atoms with Crippen LogP contribution in [-0.2, 0) is 12.6 Å². The van der Waals surface area contributed by atoms with Gasteiger partial charge in [0.15, 0.2) is 23.0 Å². The molecular formula is C9H7F4N3. The fraction of sp³-hybridized carbons (Fsp3) is 0.333. The van der Waals surface area contributed by atoms with Crippen LogP contribution in [0.4, 0.5) is 17.6 Å². The van der Waals surface area contributed by atoms with Gasteiger partial charge >= 0.3 is 6.18 Å². The number of pyridine rings is 1. The molecule has 0 aliphatic heterocycles. The molecule has 2 aromatic heterocycles. The van der Waals surface area contributed by atoms with Crippen molar-refractivity contribution in [2.75, 3.05) is 0 Å². The van der Waals surface area contributed by atoms with Gasteiger partial charge in [0, 0.05) is 6.42 Å². The molecule has 0 fully saturated rings. The fourth-order valence-electron chi connectivity index (χ4n) is 1.37. The number of hydrogen-bond donors (Lipinski definition) is 0. The Morgan fingerprint density at radius 2 is 2.00 bits per heavy atom. The van der Waals surface area contributed by atoms with Crippen molar-refractivity contribution in [2.24, 2.45) is 0 Å². The van der Waals surface area contributed by atoms with E-state index in [9.17, 15) is 17.6 Å². The Labute approximate surface area is 87.7 Å². The number of halogens is 4. The molecule has 0 saturated heterocycles. The molecule has 0 bridgehead atoms. The standard InChI is InChI=1S/C9H7F4N3/c1-2-6-14-7-4-3-5(10)8(9(11,12)13)16(7)15-6/h3-4H,2H2,1H3. The predicted octanol–water partition coefficient (Wildman–Crippen LogP) is 2.45. The largest absolute Gasteiger partial charge is 0.436 e. The molecule has 0 aliphatic rings. The van der Waals surface area contributed by atoms with Gasteiger partial charge in [0.1, 0.15) is 0 Å². The maximum Gasteiger partial charge on any atom is 0.436 e. The van der Waals surface area contributed by atoms with Crippen molar-refractivity contribution in [2.45, 2.75) is 19.5 Å². The fourth-order valence-corrected chi connectivity index (χ4v) is 1.37. The third-order valence-corrected chi connectivity index (χ3v) is 2.08. The van der Waals surface area contributed by atoms with Gasteiger partial charge in [-0.3, -0.25) is 0 Å². The summed E-state index contributed by atoms with van der Waals surface area (Å²) in [6.07, 6.45) is -4.40. The van der Waals surface area contributed by atoms with Crippen molar-refractivity contribution < 1.29 is 17.6 Å². The van der Waals surface area contributed by atoms with Crippen LogP contribution in [-0.4, -0.2) is 14.6 Å². The first-order valence-corrected chi connectivity index (χ1v) is 4.55. The van der Waals surface area contributed by atoms with Crippen LogP contribution in [0.3, 0.4) is 0 Å². The van der Waals surface area contributed by atoms with Gasteiger partial charge < -0.3 is 0 Å². The number of nitrogens with zero attached hydrogens (tertiary/aromatic N) is 3. The van der Waals surface area contributed by atoms with Crippen molar-refractivity contribution in [3.05, 3.63) is 29.5 Å². The van der Waals surface area contributed by atoms with Gasteiger partial charge in [0.25, 0.3) is 0 Å². The third-order valence-electron chi connectivity index (χ3n) is 2.08. The minimum Gasteiger partial charge on any atom is -0.212 e. The lowest BCUT2D eigenvalue weighted by molar-refractivity contribution is -0.145. The molecule has 0 unspecified atom stereocenters. The van der Waals surface area contributed by atoms with Crippen LogP contribution in [0.25, 0.3) is 5.65 Å². The summed E-state index contributed by atoms with van der Waals surface area (Å²) in [6.45, 7) is 1.71. The summed E-state index contributed by atoms with van der Waals surface area (Å²) in [4.78, 5) is 3.83. The smallest absolute Gasteiger partial charge is 0.212 e. The molecule has 3 nitrogen and oxygen atoms in total. The van der Waals surface area contributed by atoms with Gasteiger partial charge in [0.2, 0.25) is 0 Å². The predicted molar refractivity (Wildman–Crippen MR) is 47.3 cm³/mol. The van der Waals surface area contributed by atoms with Gasteiger partial charge in [0.05, 0.1) is 0 Å². The van der Waals surface area contributed by atoms with E-state index in [0.717, 1.165) is 12.1 Å². The number of rotatable bonds is 1. The van der Waals surface area contributed by atoms with Crippen LogP contribution in [0, 0.1) is 5.82 Å². The number of fused-ring (bicyclic) bond motifs is 1. The van der Waals surface area contributed by atoms with Crippen LogP contribution in [0.1, 0.15) is 18.4 Å².